The molecule has 1 amide bonds. The standard InChI is InChI=1S/C16H28N2O2S/c19-16(9-13-3-1-6-17-10-13)18(14-5-8-21-12-14)11-15-4-2-7-20-15/h13-15,17H,1-12H2. The summed E-state index contributed by atoms with van der Waals surface area (Å²) in [5.74, 6) is 3.21. The van der Waals surface area contributed by atoms with Crippen molar-refractivity contribution in [2.75, 3.05) is 37.7 Å². The first-order valence-corrected chi connectivity index (χ1v) is 9.68. The minimum absolute atomic E-state index is 0.282. The Balaban J connectivity index is 1.57. The second kappa shape index (κ2) is 7.84. The number of hydrogen-bond donors (Lipinski definition) is 1. The molecule has 0 spiro atoms. The van der Waals surface area contributed by atoms with E-state index in [-0.39, 0.29) is 6.10 Å². The molecule has 3 fully saturated rings. The van der Waals surface area contributed by atoms with Crippen LogP contribution in [-0.4, -0.2) is 60.7 Å². The Morgan fingerprint density at radius 3 is 2.90 bits per heavy atom. The van der Waals surface area contributed by atoms with Gasteiger partial charge in [0.1, 0.15) is 0 Å². The van der Waals surface area contributed by atoms with E-state index in [0.717, 1.165) is 57.7 Å². The molecule has 3 aliphatic rings. The maximum Gasteiger partial charge on any atom is 0.223 e. The number of ether oxygens (including phenoxy) is 1. The van der Waals surface area contributed by atoms with Crippen molar-refractivity contribution < 1.29 is 9.53 Å². The predicted molar refractivity (Wildman–Crippen MR) is 86.6 cm³/mol. The third-order valence-electron chi connectivity index (χ3n) is 4.95. The highest BCUT2D eigenvalue weighted by Crippen LogP contribution is 2.26. The van der Waals surface area contributed by atoms with Gasteiger partial charge in [0, 0.05) is 31.4 Å². The van der Waals surface area contributed by atoms with E-state index in [1.165, 1.54) is 18.6 Å². The van der Waals surface area contributed by atoms with Gasteiger partial charge in [0.2, 0.25) is 5.91 Å². The predicted octanol–water partition coefficient (Wildman–Crippen LogP) is 1.89. The first kappa shape index (κ1) is 15.6. The number of carbonyl (C=O) groups is 1. The van der Waals surface area contributed by atoms with Crippen molar-refractivity contribution in [2.24, 2.45) is 5.92 Å². The van der Waals surface area contributed by atoms with Gasteiger partial charge in [-0.25, -0.2) is 0 Å². The molecule has 3 rings (SSSR count). The molecule has 0 bridgehead atoms. The van der Waals surface area contributed by atoms with E-state index >= 15 is 0 Å². The average molecular weight is 312 g/mol. The number of nitrogens with zero attached hydrogens (tertiary/aromatic N) is 1. The van der Waals surface area contributed by atoms with E-state index in [9.17, 15) is 4.79 Å². The maximum absolute atomic E-state index is 12.8. The fourth-order valence-electron chi connectivity index (χ4n) is 3.69. The van der Waals surface area contributed by atoms with Gasteiger partial charge in [0.05, 0.1) is 6.10 Å². The summed E-state index contributed by atoms with van der Waals surface area (Å²) in [5, 5.41) is 3.42. The summed E-state index contributed by atoms with van der Waals surface area (Å²) in [6.07, 6.45) is 6.85. The first-order valence-electron chi connectivity index (χ1n) is 8.52. The minimum Gasteiger partial charge on any atom is -0.376 e. The zero-order valence-electron chi connectivity index (χ0n) is 12.9. The molecule has 3 unspecified atom stereocenters. The van der Waals surface area contributed by atoms with E-state index in [1.54, 1.807) is 0 Å². The molecule has 3 saturated heterocycles. The number of thioether (sulfide) groups is 1. The molecule has 1 N–H and O–H groups in total. The smallest absolute Gasteiger partial charge is 0.223 e. The van der Waals surface area contributed by atoms with Crippen molar-refractivity contribution in [3.05, 3.63) is 0 Å². The molecule has 0 aromatic carbocycles. The summed E-state index contributed by atoms with van der Waals surface area (Å²) >= 11 is 1.98. The molecule has 4 nitrogen and oxygen atoms in total. The summed E-state index contributed by atoms with van der Waals surface area (Å²) < 4.78 is 5.77. The molecule has 5 heteroatoms. The molecule has 120 valence electrons. The largest absolute Gasteiger partial charge is 0.376 e. The quantitative estimate of drug-likeness (QED) is 0.842. The molecule has 0 aromatic heterocycles. The second-order valence-electron chi connectivity index (χ2n) is 6.62. The fraction of sp³-hybridized carbons (Fsp3) is 0.938. The molecular weight excluding hydrogens is 284 g/mol. The molecule has 21 heavy (non-hydrogen) atoms. The van der Waals surface area contributed by atoms with Crippen LogP contribution in [0.1, 0.15) is 38.5 Å². The molecule has 3 atom stereocenters. The van der Waals surface area contributed by atoms with E-state index in [2.05, 4.69) is 10.2 Å². The van der Waals surface area contributed by atoms with Gasteiger partial charge in [-0.3, -0.25) is 4.79 Å². The zero-order chi connectivity index (χ0) is 14.5. The lowest BCUT2D eigenvalue weighted by atomic mass is 9.95. The number of hydrogen-bond acceptors (Lipinski definition) is 4. The number of nitrogens with one attached hydrogen (secondary N) is 1. The van der Waals surface area contributed by atoms with Crippen LogP contribution in [0, 0.1) is 5.92 Å². The van der Waals surface area contributed by atoms with Gasteiger partial charge in [-0.15, -0.1) is 0 Å². The lowest BCUT2D eigenvalue weighted by molar-refractivity contribution is -0.136. The van der Waals surface area contributed by atoms with Crippen molar-refractivity contribution in [3.63, 3.8) is 0 Å². The van der Waals surface area contributed by atoms with Gasteiger partial charge in [0.25, 0.3) is 0 Å². The number of amides is 1. The van der Waals surface area contributed by atoms with Crippen molar-refractivity contribution >= 4 is 17.7 Å². The van der Waals surface area contributed by atoms with E-state index in [0.29, 0.717) is 17.9 Å². The topological polar surface area (TPSA) is 41.6 Å². The summed E-state index contributed by atoms with van der Waals surface area (Å²) in [5.41, 5.74) is 0. The molecule has 0 aromatic rings. The summed E-state index contributed by atoms with van der Waals surface area (Å²) in [6, 6.07) is 0.447. The summed E-state index contributed by atoms with van der Waals surface area (Å²) in [4.78, 5) is 15.0. The van der Waals surface area contributed by atoms with Crippen molar-refractivity contribution in [1.82, 2.24) is 10.2 Å². The third kappa shape index (κ3) is 4.36. The lowest BCUT2D eigenvalue weighted by Crippen LogP contribution is -2.46. The molecule has 3 heterocycles. The van der Waals surface area contributed by atoms with Gasteiger partial charge in [0.15, 0.2) is 0 Å². The third-order valence-corrected chi connectivity index (χ3v) is 6.10. The fourth-order valence-corrected chi connectivity index (χ4v) is 4.92. The van der Waals surface area contributed by atoms with Crippen LogP contribution in [0.4, 0.5) is 0 Å². The van der Waals surface area contributed by atoms with Gasteiger partial charge < -0.3 is 15.0 Å². The minimum atomic E-state index is 0.282. The van der Waals surface area contributed by atoms with Crippen LogP contribution < -0.4 is 5.32 Å². The second-order valence-corrected chi connectivity index (χ2v) is 7.76. The van der Waals surface area contributed by atoms with Crippen LogP contribution in [-0.2, 0) is 9.53 Å². The van der Waals surface area contributed by atoms with E-state index in [4.69, 9.17) is 4.74 Å². The van der Waals surface area contributed by atoms with E-state index in [1.807, 2.05) is 11.8 Å². The Kier molecular flexibility index (Phi) is 5.83. The monoisotopic (exact) mass is 312 g/mol. The van der Waals surface area contributed by atoms with Gasteiger partial charge in [-0.1, -0.05) is 0 Å². The summed E-state index contributed by atoms with van der Waals surface area (Å²) in [7, 11) is 0. The average Bonchev–Trinajstić information content (AvgIpc) is 3.19. The number of carbonyl (C=O) groups excluding carboxylic acids is 1. The molecule has 3 aliphatic heterocycles. The Labute approximate surface area is 132 Å². The highest BCUT2D eigenvalue weighted by Gasteiger charge is 2.31. The Hall–Kier alpha value is -0.260. The highest BCUT2D eigenvalue weighted by atomic mass is 32.2. The summed E-state index contributed by atoms with van der Waals surface area (Å²) in [6.45, 7) is 3.82. The van der Waals surface area contributed by atoms with E-state index < -0.39 is 0 Å². The van der Waals surface area contributed by atoms with Crippen LogP contribution in [0.25, 0.3) is 0 Å². The molecule has 0 saturated carbocycles. The van der Waals surface area contributed by atoms with Crippen LogP contribution in [0.15, 0.2) is 0 Å². The number of rotatable bonds is 5. The maximum atomic E-state index is 12.8. The SMILES string of the molecule is O=C(CC1CCCNC1)N(CC1CCCO1)C1CCSC1. The Morgan fingerprint density at radius 2 is 2.24 bits per heavy atom. The Bertz CT molecular complexity index is 335. The molecular formula is C16H28N2O2S. The van der Waals surface area contributed by atoms with Crippen LogP contribution >= 0.6 is 11.8 Å². The van der Waals surface area contributed by atoms with Crippen molar-refractivity contribution in [3.8, 4) is 0 Å². The van der Waals surface area contributed by atoms with Gasteiger partial charge in [-0.2, -0.15) is 11.8 Å². The molecule has 0 aliphatic carbocycles. The van der Waals surface area contributed by atoms with Crippen molar-refractivity contribution in [2.45, 2.75) is 50.7 Å². The van der Waals surface area contributed by atoms with Crippen molar-refractivity contribution in [1.29, 1.82) is 0 Å². The normalized spacial score (nSPS) is 33.2. The van der Waals surface area contributed by atoms with Gasteiger partial charge >= 0.3 is 0 Å². The van der Waals surface area contributed by atoms with Gasteiger partial charge in [-0.05, 0) is 56.9 Å². The number of piperidine rings is 1. The van der Waals surface area contributed by atoms with Crippen LogP contribution in [0.5, 0.6) is 0 Å². The first-order chi connectivity index (χ1) is 10.3. The Morgan fingerprint density at radius 1 is 1.29 bits per heavy atom. The lowest BCUT2D eigenvalue weighted by Gasteiger charge is -2.33. The highest BCUT2D eigenvalue weighted by molar-refractivity contribution is 7.99. The molecule has 0 radical (unpaired) electrons. The zero-order valence-corrected chi connectivity index (χ0v) is 13.7. The van der Waals surface area contributed by atoms with Crippen LogP contribution in [0.2, 0.25) is 0 Å². The van der Waals surface area contributed by atoms with Crippen LogP contribution in [0.3, 0.4) is 0 Å².